The molecule has 1 saturated heterocycles. The zero-order chi connectivity index (χ0) is 20.0. The molecule has 4 rings (SSSR count). The first-order valence-electron chi connectivity index (χ1n) is 8.44. The first-order chi connectivity index (χ1) is 13.4. The molecule has 4 amide bonds. The molecule has 0 spiro atoms. The molecule has 0 bridgehead atoms. The van der Waals surface area contributed by atoms with Gasteiger partial charge in [-0.2, -0.15) is 0 Å². The molecule has 0 atom stereocenters. The number of likely N-dealkylation sites (N-methyl/N-ethyl adjacent to an activating group) is 1. The van der Waals surface area contributed by atoms with Gasteiger partial charge in [0, 0.05) is 25.2 Å². The number of anilines is 3. The van der Waals surface area contributed by atoms with Crippen molar-refractivity contribution in [3.8, 4) is 0 Å². The largest absolute Gasteiger partial charge is 0.326 e. The minimum atomic E-state index is -0.532. The summed E-state index contributed by atoms with van der Waals surface area (Å²) in [5.41, 5.74) is 2.52. The second-order valence-corrected chi connectivity index (χ2v) is 7.28. The third-order valence-electron chi connectivity index (χ3n) is 4.50. The van der Waals surface area contributed by atoms with E-state index in [4.69, 9.17) is 0 Å². The molecule has 2 heterocycles. The lowest BCUT2D eigenvalue weighted by molar-refractivity contribution is -0.115. The number of nitrogens with zero attached hydrogens (tertiary/aromatic N) is 2. The van der Waals surface area contributed by atoms with Gasteiger partial charge < -0.3 is 10.2 Å². The molecule has 2 aliphatic rings. The summed E-state index contributed by atoms with van der Waals surface area (Å²) in [5.74, 6) is -1.06. The number of carbonyl (C=O) groups excluding carboxylic acids is 4. The van der Waals surface area contributed by atoms with Crippen molar-refractivity contribution in [1.29, 1.82) is 0 Å². The van der Waals surface area contributed by atoms with E-state index < -0.39 is 11.1 Å². The van der Waals surface area contributed by atoms with Crippen LogP contribution in [-0.4, -0.2) is 30.0 Å². The van der Waals surface area contributed by atoms with Crippen molar-refractivity contribution >= 4 is 57.4 Å². The fraction of sp³-hybridized carbons (Fsp3) is 0.100. The molecular formula is C20H15N3O4S. The van der Waals surface area contributed by atoms with Gasteiger partial charge in [-0.1, -0.05) is 18.2 Å². The summed E-state index contributed by atoms with van der Waals surface area (Å²) in [6, 6.07) is 13.5. The highest BCUT2D eigenvalue weighted by atomic mass is 32.2. The van der Waals surface area contributed by atoms with E-state index in [2.05, 4.69) is 5.32 Å². The summed E-state index contributed by atoms with van der Waals surface area (Å²) in [4.78, 5) is 52.1. The predicted octanol–water partition coefficient (Wildman–Crippen LogP) is 3.23. The molecule has 28 heavy (non-hydrogen) atoms. The number of thioether (sulfide) groups is 1. The van der Waals surface area contributed by atoms with E-state index in [-0.39, 0.29) is 22.3 Å². The first-order valence-corrected chi connectivity index (χ1v) is 9.26. The van der Waals surface area contributed by atoms with Crippen molar-refractivity contribution in [2.24, 2.45) is 0 Å². The monoisotopic (exact) mass is 393 g/mol. The van der Waals surface area contributed by atoms with Gasteiger partial charge in [-0.05, 0) is 42.1 Å². The molecule has 0 unspecified atom stereocenters. The van der Waals surface area contributed by atoms with Crippen LogP contribution >= 0.6 is 11.8 Å². The zero-order valence-corrected chi connectivity index (χ0v) is 15.9. The van der Waals surface area contributed by atoms with Crippen LogP contribution < -0.4 is 15.1 Å². The van der Waals surface area contributed by atoms with E-state index in [1.54, 1.807) is 49.5 Å². The lowest BCUT2D eigenvalue weighted by Gasteiger charge is -2.13. The number of para-hydroxylation sites is 1. The molecule has 1 N–H and O–H groups in total. The summed E-state index contributed by atoms with van der Waals surface area (Å²) < 4.78 is 0. The molecular weight excluding hydrogens is 378 g/mol. The number of imide groups is 1. The van der Waals surface area contributed by atoms with Gasteiger partial charge in [0.25, 0.3) is 17.1 Å². The SMILES string of the molecule is CC(=O)Nc1ccc(N2C(=O)S/C(=C3\C(=O)N(C)c4ccccc43)C2=O)cc1. The van der Waals surface area contributed by atoms with Gasteiger partial charge >= 0.3 is 0 Å². The molecule has 1 fully saturated rings. The van der Waals surface area contributed by atoms with E-state index in [1.165, 1.54) is 11.8 Å². The Hall–Kier alpha value is -3.39. The highest BCUT2D eigenvalue weighted by Crippen LogP contribution is 2.44. The maximum absolute atomic E-state index is 13.0. The van der Waals surface area contributed by atoms with E-state index >= 15 is 0 Å². The molecule has 0 radical (unpaired) electrons. The molecule has 2 aromatic rings. The lowest BCUT2D eigenvalue weighted by Crippen LogP contribution is -2.28. The van der Waals surface area contributed by atoms with Crippen LogP contribution in [0.5, 0.6) is 0 Å². The second-order valence-electron chi connectivity index (χ2n) is 6.32. The molecule has 8 heteroatoms. The second kappa shape index (κ2) is 6.65. The van der Waals surface area contributed by atoms with Gasteiger partial charge in [-0.3, -0.25) is 19.2 Å². The van der Waals surface area contributed by atoms with Crippen LogP contribution in [0.25, 0.3) is 5.57 Å². The third kappa shape index (κ3) is 2.78. The lowest BCUT2D eigenvalue weighted by atomic mass is 10.1. The Bertz CT molecular complexity index is 1080. The molecule has 140 valence electrons. The highest BCUT2D eigenvalue weighted by molar-refractivity contribution is 8.19. The van der Waals surface area contributed by atoms with Crippen LogP contribution in [0.15, 0.2) is 53.4 Å². The summed E-state index contributed by atoms with van der Waals surface area (Å²) in [7, 11) is 1.64. The number of benzene rings is 2. The molecule has 2 aromatic carbocycles. The van der Waals surface area contributed by atoms with Crippen LogP contribution in [0.2, 0.25) is 0 Å². The summed E-state index contributed by atoms with van der Waals surface area (Å²) in [6.07, 6.45) is 0. The van der Waals surface area contributed by atoms with Crippen molar-refractivity contribution in [3.05, 3.63) is 59.0 Å². The number of hydrogen-bond acceptors (Lipinski definition) is 5. The Morgan fingerprint density at radius 3 is 2.32 bits per heavy atom. The Labute approximate surface area is 165 Å². The van der Waals surface area contributed by atoms with Gasteiger partial charge in [0.15, 0.2) is 0 Å². The minimum Gasteiger partial charge on any atom is -0.326 e. The number of hydrogen-bond donors (Lipinski definition) is 1. The zero-order valence-electron chi connectivity index (χ0n) is 15.1. The van der Waals surface area contributed by atoms with E-state index in [9.17, 15) is 19.2 Å². The predicted molar refractivity (Wildman–Crippen MR) is 108 cm³/mol. The maximum atomic E-state index is 13.0. The van der Waals surface area contributed by atoms with Crippen molar-refractivity contribution < 1.29 is 19.2 Å². The highest BCUT2D eigenvalue weighted by Gasteiger charge is 2.43. The number of fused-ring (bicyclic) bond motifs is 1. The molecule has 2 aliphatic heterocycles. The van der Waals surface area contributed by atoms with Gasteiger partial charge in [0.05, 0.1) is 21.9 Å². The minimum absolute atomic E-state index is 0.123. The molecule has 7 nitrogen and oxygen atoms in total. The smallest absolute Gasteiger partial charge is 0.298 e. The topological polar surface area (TPSA) is 86.8 Å². The summed E-state index contributed by atoms with van der Waals surface area (Å²) >= 11 is 0.758. The van der Waals surface area contributed by atoms with Gasteiger partial charge in [-0.15, -0.1) is 0 Å². The van der Waals surface area contributed by atoms with Gasteiger partial charge in [0.2, 0.25) is 5.91 Å². The quantitative estimate of drug-likeness (QED) is 0.792. The van der Waals surface area contributed by atoms with Crippen molar-refractivity contribution in [1.82, 2.24) is 0 Å². The first kappa shape index (κ1) is 18.0. The third-order valence-corrected chi connectivity index (χ3v) is 5.44. The Kier molecular flexibility index (Phi) is 4.27. The van der Waals surface area contributed by atoms with Crippen LogP contribution in [0, 0.1) is 0 Å². The van der Waals surface area contributed by atoms with Gasteiger partial charge in [0.1, 0.15) is 0 Å². The van der Waals surface area contributed by atoms with Crippen LogP contribution in [0.1, 0.15) is 12.5 Å². The molecule has 0 saturated carbocycles. The van der Waals surface area contributed by atoms with Crippen molar-refractivity contribution in [2.75, 3.05) is 22.2 Å². The molecule has 0 aromatic heterocycles. The Morgan fingerprint density at radius 1 is 0.964 bits per heavy atom. The Balaban J connectivity index is 1.73. The number of rotatable bonds is 2. The maximum Gasteiger partial charge on any atom is 0.298 e. The fourth-order valence-electron chi connectivity index (χ4n) is 3.23. The van der Waals surface area contributed by atoms with Crippen LogP contribution in [0.3, 0.4) is 0 Å². The fourth-order valence-corrected chi connectivity index (χ4v) is 4.16. The summed E-state index contributed by atoms with van der Waals surface area (Å²) in [5, 5.41) is 2.16. The van der Waals surface area contributed by atoms with E-state index in [0.29, 0.717) is 22.6 Å². The van der Waals surface area contributed by atoms with Crippen LogP contribution in [-0.2, 0) is 14.4 Å². The Morgan fingerprint density at radius 2 is 1.64 bits per heavy atom. The number of amides is 4. The normalized spacial score (nSPS) is 18.7. The molecule has 0 aliphatic carbocycles. The van der Waals surface area contributed by atoms with Gasteiger partial charge in [-0.25, -0.2) is 4.90 Å². The number of nitrogens with one attached hydrogen (secondary N) is 1. The average molecular weight is 393 g/mol. The number of carbonyl (C=O) groups is 4. The van der Waals surface area contributed by atoms with E-state index in [0.717, 1.165) is 16.7 Å². The van der Waals surface area contributed by atoms with Crippen LogP contribution in [0.4, 0.5) is 21.9 Å². The van der Waals surface area contributed by atoms with Crippen molar-refractivity contribution in [3.63, 3.8) is 0 Å². The van der Waals surface area contributed by atoms with E-state index in [1.807, 2.05) is 6.07 Å². The summed E-state index contributed by atoms with van der Waals surface area (Å²) in [6.45, 7) is 1.39. The average Bonchev–Trinajstić information content (AvgIpc) is 3.09. The van der Waals surface area contributed by atoms with Crippen molar-refractivity contribution in [2.45, 2.75) is 6.92 Å². The standard InChI is InChI=1S/C20H15N3O4S/c1-11(24)21-12-7-9-13(10-8-12)23-19(26)17(28-20(23)27)16-14-5-3-4-6-15(14)22(2)18(16)25/h3-10H,1-2H3,(H,21,24)/b17-16-.